The first kappa shape index (κ1) is 8.19. The quantitative estimate of drug-likeness (QED) is 0.686. The molecule has 2 rings (SSSR count). The largest absolute Gasteiger partial charge is 0.506 e. The summed E-state index contributed by atoms with van der Waals surface area (Å²) in [5, 5.41) is 11.8. The Labute approximate surface area is 79.4 Å². The number of anilines is 1. The van der Waals surface area contributed by atoms with Crippen molar-refractivity contribution in [3.05, 3.63) is 17.5 Å². The lowest BCUT2D eigenvalue weighted by Crippen LogP contribution is -1.91. The van der Waals surface area contributed by atoms with Crippen LogP contribution in [0.3, 0.4) is 0 Å². The SMILES string of the molecule is COc1ccc2scc(O)c2c1N. The molecule has 0 amide bonds. The highest BCUT2D eigenvalue weighted by atomic mass is 32.1. The maximum Gasteiger partial charge on any atom is 0.142 e. The van der Waals surface area contributed by atoms with Gasteiger partial charge in [-0.05, 0) is 12.1 Å². The number of benzene rings is 1. The van der Waals surface area contributed by atoms with Crippen molar-refractivity contribution >= 4 is 27.1 Å². The lowest BCUT2D eigenvalue weighted by molar-refractivity contribution is 0.417. The number of methoxy groups -OCH3 is 1. The molecule has 0 saturated carbocycles. The Morgan fingerprint density at radius 3 is 2.92 bits per heavy atom. The van der Waals surface area contributed by atoms with Crippen molar-refractivity contribution in [3.63, 3.8) is 0 Å². The minimum atomic E-state index is 0.219. The Balaban J connectivity index is 2.83. The molecule has 1 heterocycles. The number of thiophene rings is 1. The van der Waals surface area contributed by atoms with E-state index < -0.39 is 0 Å². The summed E-state index contributed by atoms with van der Waals surface area (Å²) >= 11 is 1.46. The van der Waals surface area contributed by atoms with E-state index in [2.05, 4.69) is 0 Å². The van der Waals surface area contributed by atoms with E-state index in [-0.39, 0.29) is 5.75 Å². The van der Waals surface area contributed by atoms with E-state index in [0.717, 1.165) is 4.70 Å². The maximum absolute atomic E-state index is 9.49. The normalized spacial score (nSPS) is 10.5. The van der Waals surface area contributed by atoms with Crippen molar-refractivity contribution in [1.29, 1.82) is 0 Å². The zero-order chi connectivity index (χ0) is 9.42. The van der Waals surface area contributed by atoms with Gasteiger partial charge in [0.15, 0.2) is 0 Å². The molecule has 3 N–H and O–H groups in total. The van der Waals surface area contributed by atoms with Crippen LogP contribution in [0.5, 0.6) is 11.5 Å². The van der Waals surface area contributed by atoms with Crippen molar-refractivity contribution in [3.8, 4) is 11.5 Å². The first-order chi connectivity index (χ1) is 6.24. The topological polar surface area (TPSA) is 55.5 Å². The van der Waals surface area contributed by atoms with E-state index in [1.807, 2.05) is 6.07 Å². The van der Waals surface area contributed by atoms with E-state index in [1.54, 1.807) is 18.6 Å². The van der Waals surface area contributed by atoms with Gasteiger partial charge in [-0.15, -0.1) is 11.3 Å². The van der Waals surface area contributed by atoms with Gasteiger partial charge in [0.05, 0.1) is 18.2 Å². The van der Waals surface area contributed by atoms with Crippen LogP contribution < -0.4 is 10.5 Å². The smallest absolute Gasteiger partial charge is 0.142 e. The lowest BCUT2D eigenvalue weighted by Gasteiger charge is -2.04. The van der Waals surface area contributed by atoms with Gasteiger partial charge in [-0.1, -0.05) is 0 Å². The highest BCUT2D eigenvalue weighted by Gasteiger charge is 2.09. The van der Waals surface area contributed by atoms with Crippen LogP contribution >= 0.6 is 11.3 Å². The van der Waals surface area contributed by atoms with Gasteiger partial charge in [0.1, 0.15) is 11.5 Å². The Hall–Kier alpha value is -1.42. The van der Waals surface area contributed by atoms with Crippen molar-refractivity contribution in [2.24, 2.45) is 0 Å². The molecule has 68 valence electrons. The zero-order valence-corrected chi connectivity index (χ0v) is 7.89. The molecule has 13 heavy (non-hydrogen) atoms. The van der Waals surface area contributed by atoms with Gasteiger partial charge in [0.25, 0.3) is 0 Å². The molecule has 0 aliphatic rings. The molecule has 0 saturated heterocycles. The van der Waals surface area contributed by atoms with Gasteiger partial charge < -0.3 is 15.6 Å². The summed E-state index contributed by atoms with van der Waals surface area (Å²) in [4.78, 5) is 0. The first-order valence-corrected chi connectivity index (χ1v) is 4.64. The van der Waals surface area contributed by atoms with Gasteiger partial charge in [-0.3, -0.25) is 0 Å². The molecule has 4 heteroatoms. The average Bonchev–Trinajstić information content (AvgIpc) is 2.49. The highest BCUT2D eigenvalue weighted by Crippen LogP contribution is 2.39. The fraction of sp³-hybridized carbons (Fsp3) is 0.111. The number of ether oxygens (including phenoxy) is 1. The zero-order valence-electron chi connectivity index (χ0n) is 7.07. The number of hydrogen-bond donors (Lipinski definition) is 2. The standard InChI is InChI=1S/C9H9NO2S/c1-12-6-2-3-7-8(9(6)10)5(11)4-13-7/h2-4,11H,10H2,1H3. The fourth-order valence-electron chi connectivity index (χ4n) is 1.30. The lowest BCUT2D eigenvalue weighted by atomic mass is 10.2. The average molecular weight is 195 g/mol. The third-order valence-corrected chi connectivity index (χ3v) is 2.88. The minimum Gasteiger partial charge on any atom is -0.506 e. The Morgan fingerprint density at radius 1 is 1.46 bits per heavy atom. The van der Waals surface area contributed by atoms with Crippen LogP contribution in [0.15, 0.2) is 17.5 Å². The van der Waals surface area contributed by atoms with Gasteiger partial charge >= 0.3 is 0 Å². The monoisotopic (exact) mass is 195 g/mol. The molecule has 3 nitrogen and oxygen atoms in total. The maximum atomic E-state index is 9.49. The van der Waals surface area contributed by atoms with Crippen LogP contribution in [-0.2, 0) is 0 Å². The van der Waals surface area contributed by atoms with E-state index in [0.29, 0.717) is 16.8 Å². The van der Waals surface area contributed by atoms with Crippen LogP contribution in [0, 0.1) is 0 Å². The Bertz CT molecular complexity index is 450. The molecule has 0 aliphatic carbocycles. The second-order valence-corrected chi connectivity index (χ2v) is 3.59. The summed E-state index contributed by atoms with van der Waals surface area (Å²) in [5.41, 5.74) is 6.30. The van der Waals surface area contributed by atoms with Crippen LogP contribution in [0.25, 0.3) is 10.1 Å². The van der Waals surface area contributed by atoms with E-state index in [4.69, 9.17) is 10.5 Å². The molecule has 1 aromatic carbocycles. The molecule has 0 aliphatic heterocycles. The molecule has 0 unspecified atom stereocenters. The summed E-state index contributed by atoms with van der Waals surface area (Å²) in [6.45, 7) is 0. The fourth-order valence-corrected chi connectivity index (χ4v) is 2.13. The van der Waals surface area contributed by atoms with Crippen LogP contribution in [0.4, 0.5) is 5.69 Å². The summed E-state index contributed by atoms with van der Waals surface area (Å²) < 4.78 is 6.01. The number of fused-ring (bicyclic) bond motifs is 1. The molecule has 0 atom stereocenters. The van der Waals surface area contributed by atoms with Crippen LogP contribution in [0.1, 0.15) is 0 Å². The summed E-state index contributed by atoms with van der Waals surface area (Å²) in [6, 6.07) is 3.68. The Morgan fingerprint density at radius 2 is 2.23 bits per heavy atom. The van der Waals surface area contributed by atoms with Crippen molar-refractivity contribution in [2.45, 2.75) is 0 Å². The molecule has 0 radical (unpaired) electrons. The first-order valence-electron chi connectivity index (χ1n) is 3.76. The summed E-state index contributed by atoms with van der Waals surface area (Å²) in [5.74, 6) is 0.817. The highest BCUT2D eigenvalue weighted by molar-refractivity contribution is 7.17. The minimum absolute atomic E-state index is 0.219. The summed E-state index contributed by atoms with van der Waals surface area (Å²) in [6.07, 6.45) is 0. The van der Waals surface area contributed by atoms with Crippen molar-refractivity contribution in [1.82, 2.24) is 0 Å². The molecule has 0 spiro atoms. The van der Waals surface area contributed by atoms with Crippen LogP contribution in [0.2, 0.25) is 0 Å². The van der Waals surface area contributed by atoms with E-state index >= 15 is 0 Å². The Kier molecular flexibility index (Phi) is 1.77. The van der Waals surface area contributed by atoms with Gasteiger partial charge in [-0.25, -0.2) is 0 Å². The van der Waals surface area contributed by atoms with Gasteiger partial charge in [-0.2, -0.15) is 0 Å². The number of nitrogen functional groups attached to an aromatic ring is 1. The number of nitrogens with two attached hydrogens (primary N) is 1. The van der Waals surface area contributed by atoms with E-state index in [1.165, 1.54) is 11.3 Å². The molecule has 1 aromatic heterocycles. The third kappa shape index (κ3) is 1.10. The predicted octanol–water partition coefficient (Wildman–Crippen LogP) is 2.20. The van der Waals surface area contributed by atoms with Gasteiger partial charge in [0, 0.05) is 10.1 Å². The third-order valence-electron chi connectivity index (χ3n) is 1.94. The molecule has 0 bridgehead atoms. The second kappa shape index (κ2) is 2.81. The van der Waals surface area contributed by atoms with E-state index in [9.17, 15) is 5.11 Å². The second-order valence-electron chi connectivity index (χ2n) is 2.68. The molecule has 2 aromatic rings. The van der Waals surface area contributed by atoms with Gasteiger partial charge in [0.2, 0.25) is 0 Å². The van der Waals surface area contributed by atoms with Crippen molar-refractivity contribution in [2.75, 3.05) is 12.8 Å². The predicted molar refractivity (Wildman–Crippen MR) is 54.5 cm³/mol. The molecular weight excluding hydrogens is 186 g/mol. The number of aromatic hydroxyl groups is 1. The molecule has 0 fully saturated rings. The summed E-state index contributed by atoms with van der Waals surface area (Å²) in [7, 11) is 1.56. The van der Waals surface area contributed by atoms with Crippen molar-refractivity contribution < 1.29 is 9.84 Å². The van der Waals surface area contributed by atoms with Crippen LogP contribution in [-0.4, -0.2) is 12.2 Å². The molecular formula is C9H9NO2S. The number of hydrogen-bond acceptors (Lipinski definition) is 4. The number of rotatable bonds is 1.